The van der Waals surface area contributed by atoms with Gasteiger partial charge >= 0.3 is 0 Å². The van der Waals surface area contributed by atoms with Gasteiger partial charge in [-0.2, -0.15) is 0 Å². The second-order valence-electron chi connectivity index (χ2n) is 5.68. The Morgan fingerprint density at radius 2 is 1.73 bits per heavy atom. The van der Waals surface area contributed by atoms with E-state index in [1.54, 1.807) is 0 Å². The molecule has 0 aromatic heterocycles. The van der Waals surface area contributed by atoms with Gasteiger partial charge in [0.15, 0.2) is 0 Å². The summed E-state index contributed by atoms with van der Waals surface area (Å²) in [6.07, 6.45) is 0.869. The van der Waals surface area contributed by atoms with Crippen LogP contribution in [0.25, 0.3) is 0 Å². The first-order valence-corrected chi connectivity index (χ1v) is 7.69. The third kappa shape index (κ3) is 5.34. The number of carbonyl (C=O) groups is 1. The third-order valence-electron chi connectivity index (χ3n) is 3.69. The van der Waals surface area contributed by atoms with Gasteiger partial charge in [-0.05, 0) is 37.1 Å². The number of hydrogen-bond acceptors (Lipinski definition) is 2. The summed E-state index contributed by atoms with van der Waals surface area (Å²) in [5, 5.41) is 2.98. The molecule has 22 heavy (non-hydrogen) atoms. The van der Waals surface area contributed by atoms with E-state index in [0.29, 0.717) is 13.1 Å². The molecule has 0 unspecified atom stereocenters. The van der Waals surface area contributed by atoms with E-state index in [4.69, 9.17) is 0 Å². The average Bonchev–Trinajstić information content (AvgIpc) is 2.50. The number of likely N-dealkylation sites (N-methyl/N-ethyl adjacent to an activating group) is 1. The van der Waals surface area contributed by atoms with Crippen molar-refractivity contribution in [2.24, 2.45) is 0 Å². The molecule has 0 atom stereocenters. The van der Waals surface area contributed by atoms with Crippen molar-refractivity contribution >= 4 is 5.91 Å². The standard InChI is InChI=1S/C19H24N2O/c1-16-8-6-7-11-18(16)14-21(2)15-19(22)20-13-12-17-9-4-3-5-10-17/h3-11H,12-15H2,1-2H3,(H,20,22). The molecular formula is C19H24N2O. The molecule has 0 spiro atoms. The Morgan fingerprint density at radius 3 is 2.45 bits per heavy atom. The first kappa shape index (κ1) is 16.2. The second kappa shape index (κ2) is 8.35. The number of benzene rings is 2. The normalized spacial score (nSPS) is 10.7. The molecule has 0 heterocycles. The molecule has 116 valence electrons. The molecule has 2 aromatic carbocycles. The van der Waals surface area contributed by atoms with Crippen molar-refractivity contribution in [3.05, 3.63) is 71.3 Å². The fourth-order valence-electron chi connectivity index (χ4n) is 2.43. The van der Waals surface area contributed by atoms with Crippen LogP contribution in [0.5, 0.6) is 0 Å². The van der Waals surface area contributed by atoms with Gasteiger partial charge in [0.2, 0.25) is 5.91 Å². The Hall–Kier alpha value is -2.13. The predicted octanol–water partition coefficient (Wildman–Crippen LogP) is 2.79. The molecule has 3 nitrogen and oxygen atoms in total. The van der Waals surface area contributed by atoms with Crippen LogP contribution in [0.15, 0.2) is 54.6 Å². The van der Waals surface area contributed by atoms with Crippen LogP contribution < -0.4 is 5.32 Å². The maximum Gasteiger partial charge on any atom is 0.234 e. The second-order valence-corrected chi connectivity index (χ2v) is 5.68. The van der Waals surface area contributed by atoms with Crippen LogP contribution in [0.1, 0.15) is 16.7 Å². The van der Waals surface area contributed by atoms with E-state index in [-0.39, 0.29) is 5.91 Å². The van der Waals surface area contributed by atoms with Gasteiger partial charge in [-0.3, -0.25) is 9.69 Å². The van der Waals surface area contributed by atoms with E-state index in [1.807, 2.05) is 42.3 Å². The van der Waals surface area contributed by atoms with Gasteiger partial charge in [0.05, 0.1) is 6.54 Å². The summed E-state index contributed by atoms with van der Waals surface area (Å²) >= 11 is 0. The maximum absolute atomic E-state index is 12.0. The highest BCUT2D eigenvalue weighted by Crippen LogP contribution is 2.09. The number of carbonyl (C=O) groups excluding carboxylic acids is 1. The van der Waals surface area contributed by atoms with Crippen LogP contribution in [0.2, 0.25) is 0 Å². The average molecular weight is 296 g/mol. The van der Waals surface area contributed by atoms with Gasteiger partial charge in [-0.25, -0.2) is 0 Å². The lowest BCUT2D eigenvalue weighted by molar-refractivity contribution is -0.122. The molecule has 0 aliphatic rings. The molecule has 1 N–H and O–H groups in total. The first-order valence-electron chi connectivity index (χ1n) is 7.69. The summed E-state index contributed by atoms with van der Waals surface area (Å²) in [7, 11) is 1.98. The molecule has 1 amide bonds. The monoisotopic (exact) mass is 296 g/mol. The minimum absolute atomic E-state index is 0.0759. The molecular weight excluding hydrogens is 272 g/mol. The lowest BCUT2D eigenvalue weighted by Crippen LogP contribution is -2.35. The van der Waals surface area contributed by atoms with Crippen LogP contribution in [0.4, 0.5) is 0 Å². The molecule has 0 radical (unpaired) electrons. The van der Waals surface area contributed by atoms with E-state index in [9.17, 15) is 4.79 Å². The number of amides is 1. The molecule has 0 fully saturated rings. The minimum Gasteiger partial charge on any atom is -0.355 e. The lowest BCUT2D eigenvalue weighted by atomic mass is 10.1. The Labute approximate surface area is 133 Å². The summed E-state index contributed by atoms with van der Waals surface area (Å²) in [5.74, 6) is 0.0759. The highest BCUT2D eigenvalue weighted by atomic mass is 16.2. The van der Waals surface area contributed by atoms with Crippen molar-refractivity contribution in [2.45, 2.75) is 19.9 Å². The van der Waals surface area contributed by atoms with E-state index in [1.165, 1.54) is 16.7 Å². The predicted molar refractivity (Wildman–Crippen MR) is 90.7 cm³/mol. The highest BCUT2D eigenvalue weighted by Gasteiger charge is 2.07. The fraction of sp³-hybridized carbons (Fsp3) is 0.316. The number of rotatable bonds is 7. The largest absolute Gasteiger partial charge is 0.355 e. The summed E-state index contributed by atoms with van der Waals surface area (Å²) in [6, 6.07) is 18.5. The molecule has 0 aliphatic heterocycles. The Kier molecular flexibility index (Phi) is 6.16. The van der Waals surface area contributed by atoms with Gasteiger partial charge < -0.3 is 5.32 Å². The molecule has 2 aromatic rings. The number of nitrogens with one attached hydrogen (secondary N) is 1. The van der Waals surface area contributed by atoms with E-state index < -0.39 is 0 Å². The van der Waals surface area contributed by atoms with Crippen LogP contribution in [-0.4, -0.2) is 30.9 Å². The Balaban J connectivity index is 1.71. The summed E-state index contributed by atoms with van der Waals surface area (Å²) in [6.45, 7) is 3.99. The highest BCUT2D eigenvalue weighted by molar-refractivity contribution is 5.77. The Bertz CT molecular complexity index is 595. The van der Waals surface area contributed by atoms with E-state index >= 15 is 0 Å². The molecule has 0 aliphatic carbocycles. The van der Waals surface area contributed by atoms with Crippen molar-refractivity contribution in [2.75, 3.05) is 20.1 Å². The third-order valence-corrected chi connectivity index (χ3v) is 3.69. The quantitative estimate of drug-likeness (QED) is 0.852. The number of aryl methyl sites for hydroxylation is 1. The van der Waals surface area contributed by atoms with Gasteiger partial charge in [0.1, 0.15) is 0 Å². The van der Waals surface area contributed by atoms with Crippen LogP contribution >= 0.6 is 0 Å². The molecule has 0 saturated heterocycles. The lowest BCUT2D eigenvalue weighted by Gasteiger charge is -2.17. The van der Waals surface area contributed by atoms with Crippen LogP contribution in [0.3, 0.4) is 0 Å². The zero-order valence-electron chi connectivity index (χ0n) is 13.4. The van der Waals surface area contributed by atoms with Gasteiger partial charge in [-0.1, -0.05) is 54.6 Å². The van der Waals surface area contributed by atoms with Crippen molar-refractivity contribution < 1.29 is 4.79 Å². The molecule has 2 rings (SSSR count). The SMILES string of the molecule is Cc1ccccc1CN(C)CC(=O)NCCc1ccccc1. The van der Waals surface area contributed by atoms with Gasteiger partial charge in [0.25, 0.3) is 0 Å². The first-order chi connectivity index (χ1) is 10.6. The summed E-state index contributed by atoms with van der Waals surface area (Å²) in [5.41, 5.74) is 3.77. The molecule has 0 saturated carbocycles. The maximum atomic E-state index is 12.0. The van der Waals surface area contributed by atoms with Gasteiger partial charge in [0, 0.05) is 13.1 Å². The van der Waals surface area contributed by atoms with E-state index in [2.05, 4.69) is 36.5 Å². The van der Waals surface area contributed by atoms with Crippen molar-refractivity contribution in [1.29, 1.82) is 0 Å². The topological polar surface area (TPSA) is 32.3 Å². The van der Waals surface area contributed by atoms with Crippen LogP contribution in [0, 0.1) is 6.92 Å². The van der Waals surface area contributed by atoms with E-state index in [0.717, 1.165) is 13.0 Å². The minimum atomic E-state index is 0.0759. The molecule has 0 bridgehead atoms. The fourth-order valence-corrected chi connectivity index (χ4v) is 2.43. The zero-order chi connectivity index (χ0) is 15.8. The number of nitrogens with zero attached hydrogens (tertiary/aromatic N) is 1. The van der Waals surface area contributed by atoms with Crippen LogP contribution in [-0.2, 0) is 17.8 Å². The zero-order valence-corrected chi connectivity index (χ0v) is 13.4. The van der Waals surface area contributed by atoms with Crippen molar-refractivity contribution in [1.82, 2.24) is 10.2 Å². The summed E-state index contributed by atoms with van der Waals surface area (Å²) < 4.78 is 0. The van der Waals surface area contributed by atoms with Gasteiger partial charge in [-0.15, -0.1) is 0 Å². The van der Waals surface area contributed by atoms with Crippen molar-refractivity contribution in [3.63, 3.8) is 0 Å². The smallest absolute Gasteiger partial charge is 0.234 e. The summed E-state index contributed by atoms with van der Waals surface area (Å²) in [4.78, 5) is 14.0. The Morgan fingerprint density at radius 1 is 1.05 bits per heavy atom. The number of hydrogen-bond donors (Lipinski definition) is 1. The van der Waals surface area contributed by atoms with Crippen molar-refractivity contribution in [3.8, 4) is 0 Å². The molecule has 3 heteroatoms.